The lowest BCUT2D eigenvalue weighted by molar-refractivity contribution is 0.0951. The highest BCUT2D eigenvalue weighted by molar-refractivity contribution is 5.97. The molecule has 0 fully saturated rings. The third kappa shape index (κ3) is 3.64. The van der Waals surface area contributed by atoms with Crippen LogP contribution in [-0.4, -0.2) is 23.0 Å². The minimum absolute atomic E-state index is 0.181. The molecule has 0 radical (unpaired) electrons. The number of pyridine rings is 1. The van der Waals surface area contributed by atoms with E-state index in [1.54, 1.807) is 37.7 Å². The first-order valence-electron chi connectivity index (χ1n) is 8.45. The van der Waals surface area contributed by atoms with Gasteiger partial charge in [-0.05, 0) is 48.0 Å². The monoisotopic (exact) mass is 359 g/mol. The van der Waals surface area contributed by atoms with Gasteiger partial charge in [0, 0.05) is 24.5 Å². The van der Waals surface area contributed by atoms with Crippen molar-refractivity contribution in [1.29, 1.82) is 0 Å². The predicted molar refractivity (Wildman–Crippen MR) is 101 cm³/mol. The second kappa shape index (κ2) is 7.29. The molecule has 6 nitrogen and oxygen atoms in total. The number of carbonyl (C=O) groups excluding carboxylic acids is 1. The third-order valence-corrected chi connectivity index (χ3v) is 4.15. The highest BCUT2D eigenvalue weighted by Crippen LogP contribution is 2.24. The lowest BCUT2D eigenvalue weighted by Gasteiger charge is -2.07. The van der Waals surface area contributed by atoms with Crippen LogP contribution in [0.5, 0.6) is 5.75 Å². The zero-order valence-corrected chi connectivity index (χ0v) is 14.7. The van der Waals surface area contributed by atoms with E-state index in [-0.39, 0.29) is 5.91 Å². The number of hydrogen-bond donors (Lipinski definition) is 1. The maximum Gasteiger partial charge on any atom is 0.251 e. The van der Waals surface area contributed by atoms with Crippen LogP contribution in [-0.2, 0) is 6.54 Å². The number of nitrogens with one attached hydrogen (secondary N) is 1. The van der Waals surface area contributed by atoms with Gasteiger partial charge in [-0.1, -0.05) is 12.1 Å². The van der Waals surface area contributed by atoms with Crippen LogP contribution in [0.3, 0.4) is 0 Å². The molecule has 0 atom stereocenters. The smallest absolute Gasteiger partial charge is 0.251 e. The molecule has 6 heteroatoms. The number of amides is 1. The van der Waals surface area contributed by atoms with Crippen molar-refractivity contribution in [1.82, 2.24) is 15.3 Å². The summed E-state index contributed by atoms with van der Waals surface area (Å²) in [7, 11) is 1.62. The summed E-state index contributed by atoms with van der Waals surface area (Å²) in [6.07, 6.45) is 3.38. The topological polar surface area (TPSA) is 77.2 Å². The number of methoxy groups -OCH3 is 1. The van der Waals surface area contributed by atoms with Gasteiger partial charge < -0.3 is 14.5 Å². The van der Waals surface area contributed by atoms with E-state index in [0.29, 0.717) is 29.1 Å². The van der Waals surface area contributed by atoms with Crippen molar-refractivity contribution in [2.24, 2.45) is 0 Å². The zero-order chi connectivity index (χ0) is 18.6. The minimum atomic E-state index is -0.181. The van der Waals surface area contributed by atoms with E-state index < -0.39 is 0 Å². The van der Waals surface area contributed by atoms with Gasteiger partial charge in [-0.25, -0.2) is 4.98 Å². The van der Waals surface area contributed by atoms with Gasteiger partial charge in [-0.2, -0.15) is 0 Å². The fraction of sp³-hybridized carbons (Fsp3) is 0.0952. The predicted octanol–water partition coefficient (Wildman–Crippen LogP) is 3.83. The average Bonchev–Trinajstić information content (AvgIpc) is 3.16. The van der Waals surface area contributed by atoms with E-state index in [1.165, 1.54) is 0 Å². The van der Waals surface area contributed by atoms with Crippen LogP contribution in [0.15, 0.2) is 71.4 Å². The van der Waals surface area contributed by atoms with Crippen LogP contribution >= 0.6 is 0 Å². The first-order chi connectivity index (χ1) is 13.2. The molecule has 0 aliphatic carbocycles. The van der Waals surface area contributed by atoms with Crippen molar-refractivity contribution >= 4 is 17.0 Å². The fourth-order valence-electron chi connectivity index (χ4n) is 2.75. The normalized spacial score (nSPS) is 10.7. The van der Waals surface area contributed by atoms with Gasteiger partial charge in [0.25, 0.3) is 5.91 Å². The van der Waals surface area contributed by atoms with Crippen LogP contribution in [0.1, 0.15) is 15.9 Å². The molecule has 0 saturated carbocycles. The summed E-state index contributed by atoms with van der Waals surface area (Å²) in [4.78, 5) is 21.0. The lowest BCUT2D eigenvalue weighted by atomic mass is 10.1. The number of carbonyl (C=O) groups is 1. The summed E-state index contributed by atoms with van der Waals surface area (Å²) in [5.41, 5.74) is 3.51. The maximum absolute atomic E-state index is 12.5. The van der Waals surface area contributed by atoms with Crippen LogP contribution in [0.25, 0.3) is 22.6 Å². The second-order valence-electron chi connectivity index (χ2n) is 5.98. The van der Waals surface area contributed by atoms with E-state index in [0.717, 1.165) is 16.9 Å². The molecule has 0 aliphatic heterocycles. The number of ether oxygens (including phenoxy) is 1. The molecule has 2 heterocycles. The second-order valence-corrected chi connectivity index (χ2v) is 5.98. The number of fused-ring (bicyclic) bond motifs is 1. The minimum Gasteiger partial charge on any atom is -0.497 e. The van der Waals surface area contributed by atoms with E-state index in [4.69, 9.17) is 9.15 Å². The van der Waals surface area contributed by atoms with Crippen LogP contribution < -0.4 is 10.1 Å². The Morgan fingerprint density at radius 3 is 2.89 bits per heavy atom. The molecule has 4 aromatic rings. The van der Waals surface area contributed by atoms with E-state index in [1.807, 2.05) is 36.4 Å². The SMILES string of the molecule is COc1cccc(CNC(=O)c2ccc3nc(-c4cccnc4)oc3c2)c1. The molecule has 2 aromatic heterocycles. The standard InChI is InChI=1S/C21H17N3O3/c1-26-17-6-2-4-14(10-17)12-23-20(25)15-7-8-18-19(11-15)27-21(24-18)16-5-3-9-22-13-16/h2-11,13H,12H2,1H3,(H,23,25). The molecule has 0 unspecified atom stereocenters. The molecule has 0 bridgehead atoms. The summed E-state index contributed by atoms with van der Waals surface area (Å²) in [6.45, 7) is 0.408. The van der Waals surface area contributed by atoms with Crippen LogP contribution in [0.4, 0.5) is 0 Å². The molecule has 27 heavy (non-hydrogen) atoms. The summed E-state index contributed by atoms with van der Waals surface area (Å²) >= 11 is 0. The van der Waals surface area contributed by atoms with Crippen molar-refractivity contribution in [2.45, 2.75) is 6.54 Å². The molecule has 2 aromatic carbocycles. The Kier molecular flexibility index (Phi) is 4.53. The molecular weight excluding hydrogens is 342 g/mol. The quantitative estimate of drug-likeness (QED) is 0.586. The van der Waals surface area contributed by atoms with Gasteiger partial charge in [0.2, 0.25) is 5.89 Å². The fourth-order valence-corrected chi connectivity index (χ4v) is 2.75. The number of rotatable bonds is 5. The molecule has 0 aliphatic rings. The van der Waals surface area contributed by atoms with Gasteiger partial charge in [0.1, 0.15) is 11.3 Å². The number of hydrogen-bond acceptors (Lipinski definition) is 5. The van der Waals surface area contributed by atoms with Crippen LogP contribution in [0, 0.1) is 0 Å². The van der Waals surface area contributed by atoms with Gasteiger partial charge in [0.15, 0.2) is 5.58 Å². The maximum atomic E-state index is 12.5. The van der Waals surface area contributed by atoms with E-state index in [2.05, 4.69) is 15.3 Å². The van der Waals surface area contributed by atoms with Crippen molar-refractivity contribution in [3.8, 4) is 17.2 Å². The number of benzene rings is 2. The van der Waals surface area contributed by atoms with Crippen LogP contribution in [0.2, 0.25) is 0 Å². The highest BCUT2D eigenvalue weighted by Gasteiger charge is 2.12. The first-order valence-corrected chi connectivity index (χ1v) is 8.45. The average molecular weight is 359 g/mol. The molecule has 4 rings (SSSR count). The van der Waals surface area contributed by atoms with Gasteiger partial charge >= 0.3 is 0 Å². The summed E-state index contributed by atoms with van der Waals surface area (Å²) in [5, 5.41) is 2.90. The van der Waals surface area contributed by atoms with Gasteiger partial charge in [0.05, 0.1) is 12.7 Å². The zero-order valence-electron chi connectivity index (χ0n) is 14.7. The van der Waals surface area contributed by atoms with Crippen molar-refractivity contribution in [2.75, 3.05) is 7.11 Å². The molecule has 0 saturated heterocycles. The van der Waals surface area contributed by atoms with E-state index in [9.17, 15) is 4.79 Å². The summed E-state index contributed by atoms with van der Waals surface area (Å²) in [5.74, 6) is 1.05. The molecule has 1 amide bonds. The van der Waals surface area contributed by atoms with Gasteiger partial charge in [-0.3, -0.25) is 9.78 Å². The number of nitrogens with zero attached hydrogens (tertiary/aromatic N) is 2. The molecule has 1 N–H and O–H groups in total. The Bertz CT molecular complexity index is 1090. The first kappa shape index (κ1) is 16.8. The number of oxazole rings is 1. The Labute approximate surface area is 155 Å². The molecule has 134 valence electrons. The van der Waals surface area contributed by atoms with Crippen molar-refractivity contribution < 1.29 is 13.9 Å². The molecule has 0 spiro atoms. The highest BCUT2D eigenvalue weighted by atomic mass is 16.5. The Hall–Kier alpha value is -3.67. The van der Waals surface area contributed by atoms with Crippen molar-refractivity contribution in [3.63, 3.8) is 0 Å². The Balaban J connectivity index is 1.52. The Morgan fingerprint density at radius 2 is 2.07 bits per heavy atom. The largest absolute Gasteiger partial charge is 0.497 e. The summed E-state index contributed by atoms with van der Waals surface area (Å²) < 4.78 is 11.0. The number of aromatic nitrogens is 2. The summed E-state index contributed by atoms with van der Waals surface area (Å²) in [6, 6.07) is 16.5. The lowest BCUT2D eigenvalue weighted by Crippen LogP contribution is -2.22. The molecular formula is C21H17N3O3. The Morgan fingerprint density at radius 1 is 1.15 bits per heavy atom. The van der Waals surface area contributed by atoms with Gasteiger partial charge in [-0.15, -0.1) is 0 Å². The third-order valence-electron chi connectivity index (χ3n) is 4.15. The van der Waals surface area contributed by atoms with Crippen molar-refractivity contribution in [3.05, 3.63) is 78.1 Å². The van der Waals surface area contributed by atoms with E-state index >= 15 is 0 Å².